The fraction of sp³-hybridized carbons (Fsp3) is 0.455. The molecule has 0 saturated heterocycles. The van der Waals surface area contributed by atoms with Crippen LogP contribution in [0.5, 0.6) is 0 Å². The molecule has 1 aromatic carbocycles. The Morgan fingerprint density at radius 1 is 1.46 bits per heavy atom. The first-order valence-corrected chi connectivity index (χ1v) is 4.62. The molecule has 0 radical (unpaired) electrons. The first-order valence-electron chi connectivity index (χ1n) is 4.62. The molecule has 2 N–H and O–H groups in total. The smallest absolute Gasteiger partial charge is 0.0816 e. The van der Waals surface area contributed by atoms with Crippen molar-refractivity contribution in [2.75, 3.05) is 12.3 Å². The Morgan fingerprint density at radius 2 is 2.15 bits per heavy atom. The average molecular weight is 179 g/mol. The van der Waals surface area contributed by atoms with Crippen LogP contribution in [0.1, 0.15) is 31.1 Å². The summed E-state index contributed by atoms with van der Waals surface area (Å²) in [4.78, 5) is 0. The highest BCUT2D eigenvalue weighted by atomic mass is 16.5. The van der Waals surface area contributed by atoms with Crippen LogP contribution in [-0.2, 0) is 4.74 Å². The third kappa shape index (κ3) is 2.46. The summed E-state index contributed by atoms with van der Waals surface area (Å²) >= 11 is 0. The van der Waals surface area contributed by atoms with Crippen LogP contribution in [0, 0.1) is 6.92 Å². The van der Waals surface area contributed by atoms with Gasteiger partial charge in [-0.3, -0.25) is 0 Å². The maximum absolute atomic E-state index is 5.87. The lowest BCUT2D eigenvalue weighted by molar-refractivity contribution is 0.0769. The van der Waals surface area contributed by atoms with Crippen LogP contribution in [0.2, 0.25) is 0 Å². The largest absolute Gasteiger partial charge is 0.398 e. The number of rotatable bonds is 3. The van der Waals surface area contributed by atoms with Crippen molar-refractivity contribution in [3.8, 4) is 0 Å². The van der Waals surface area contributed by atoms with Crippen LogP contribution in [0.15, 0.2) is 18.2 Å². The highest BCUT2D eigenvalue weighted by Crippen LogP contribution is 2.23. The Kier molecular flexibility index (Phi) is 3.32. The Balaban J connectivity index is 2.88. The SMILES string of the molecule is CCOC(C)c1ccc(C)cc1N. The van der Waals surface area contributed by atoms with Gasteiger partial charge in [0.25, 0.3) is 0 Å². The zero-order chi connectivity index (χ0) is 9.84. The van der Waals surface area contributed by atoms with Crippen molar-refractivity contribution in [3.05, 3.63) is 29.3 Å². The third-order valence-corrected chi connectivity index (χ3v) is 2.10. The molecular formula is C11H17NO. The van der Waals surface area contributed by atoms with Crippen molar-refractivity contribution >= 4 is 5.69 Å². The van der Waals surface area contributed by atoms with E-state index in [0.29, 0.717) is 6.61 Å². The number of nitrogens with two attached hydrogens (primary N) is 1. The standard InChI is InChI=1S/C11H17NO/c1-4-13-9(3)10-6-5-8(2)7-11(10)12/h5-7,9H,4,12H2,1-3H3. The molecule has 0 aromatic heterocycles. The van der Waals surface area contributed by atoms with E-state index in [4.69, 9.17) is 10.5 Å². The second-order valence-electron chi connectivity index (χ2n) is 3.23. The fourth-order valence-corrected chi connectivity index (χ4v) is 1.40. The van der Waals surface area contributed by atoms with Gasteiger partial charge in [-0.05, 0) is 32.4 Å². The molecule has 0 aliphatic rings. The molecule has 0 saturated carbocycles. The second-order valence-corrected chi connectivity index (χ2v) is 3.23. The summed E-state index contributed by atoms with van der Waals surface area (Å²) in [6.45, 7) is 6.76. The molecule has 2 nitrogen and oxygen atoms in total. The van der Waals surface area contributed by atoms with Gasteiger partial charge in [0.05, 0.1) is 6.10 Å². The molecule has 0 aliphatic carbocycles. The van der Waals surface area contributed by atoms with Crippen LogP contribution in [-0.4, -0.2) is 6.61 Å². The van der Waals surface area contributed by atoms with Gasteiger partial charge in [-0.15, -0.1) is 0 Å². The highest BCUT2D eigenvalue weighted by molar-refractivity contribution is 5.49. The molecule has 0 bridgehead atoms. The topological polar surface area (TPSA) is 35.2 Å². The van der Waals surface area contributed by atoms with Crippen LogP contribution in [0.3, 0.4) is 0 Å². The van der Waals surface area contributed by atoms with Gasteiger partial charge in [0.2, 0.25) is 0 Å². The number of ether oxygens (including phenoxy) is 1. The molecular weight excluding hydrogens is 162 g/mol. The minimum Gasteiger partial charge on any atom is -0.398 e. The lowest BCUT2D eigenvalue weighted by atomic mass is 10.1. The van der Waals surface area contributed by atoms with Crippen molar-refractivity contribution in [2.45, 2.75) is 26.9 Å². The summed E-state index contributed by atoms with van der Waals surface area (Å²) in [5.41, 5.74) is 8.95. The molecule has 2 heteroatoms. The molecule has 72 valence electrons. The number of hydrogen-bond donors (Lipinski definition) is 1. The van der Waals surface area contributed by atoms with Gasteiger partial charge < -0.3 is 10.5 Å². The van der Waals surface area contributed by atoms with E-state index < -0.39 is 0 Å². The molecule has 0 heterocycles. The van der Waals surface area contributed by atoms with E-state index in [0.717, 1.165) is 11.3 Å². The fourth-order valence-electron chi connectivity index (χ4n) is 1.40. The predicted molar refractivity (Wildman–Crippen MR) is 55.6 cm³/mol. The Labute approximate surface area is 79.7 Å². The minimum atomic E-state index is 0.0885. The maximum atomic E-state index is 5.87. The molecule has 0 aliphatic heterocycles. The number of benzene rings is 1. The number of aryl methyl sites for hydroxylation is 1. The molecule has 13 heavy (non-hydrogen) atoms. The molecule has 1 rings (SSSR count). The van der Waals surface area contributed by atoms with Gasteiger partial charge in [0.1, 0.15) is 0 Å². The normalized spacial score (nSPS) is 12.8. The predicted octanol–water partition coefficient (Wildman–Crippen LogP) is 2.67. The molecule has 0 fully saturated rings. The zero-order valence-electron chi connectivity index (χ0n) is 8.50. The minimum absolute atomic E-state index is 0.0885. The first kappa shape index (κ1) is 10.1. The molecule has 0 spiro atoms. The highest BCUT2D eigenvalue weighted by Gasteiger charge is 2.07. The van der Waals surface area contributed by atoms with Crippen molar-refractivity contribution in [1.82, 2.24) is 0 Å². The Morgan fingerprint density at radius 3 is 2.69 bits per heavy atom. The van der Waals surface area contributed by atoms with E-state index in [9.17, 15) is 0 Å². The van der Waals surface area contributed by atoms with Gasteiger partial charge in [-0.2, -0.15) is 0 Å². The molecule has 1 aromatic rings. The van der Waals surface area contributed by atoms with E-state index in [1.165, 1.54) is 5.56 Å². The van der Waals surface area contributed by atoms with Gasteiger partial charge in [0.15, 0.2) is 0 Å². The van der Waals surface area contributed by atoms with Gasteiger partial charge in [-0.25, -0.2) is 0 Å². The monoisotopic (exact) mass is 179 g/mol. The lowest BCUT2D eigenvalue weighted by Gasteiger charge is -2.14. The van der Waals surface area contributed by atoms with E-state index in [2.05, 4.69) is 6.07 Å². The van der Waals surface area contributed by atoms with Crippen molar-refractivity contribution < 1.29 is 4.74 Å². The van der Waals surface area contributed by atoms with Crippen LogP contribution >= 0.6 is 0 Å². The van der Waals surface area contributed by atoms with E-state index >= 15 is 0 Å². The zero-order valence-corrected chi connectivity index (χ0v) is 8.50. The van der Waals surface area contributed by atoms with Crippen molar-refractivity contribution in [2.24, 2.45) is 0 Å². The van der Waals surface area contributed by atoms with Gasteiger partial charge >= 0.3 is 0 Å². The number of anilines is 1. The molecule has 0 amide bonds. The summed E-state index contributed by atoms with van der Waals surface area (Å²) < 4.78 is 5.47. The third-order valence-electron chi connectivity index (χ3n) is 2.10. The Hall–Kier alpha value is -1.02. The second kappa shape index (κ2) is 4.28. The lowest BCUT2D eigenvalue weighted by Crippen LogP contribution is -2.03. The van der Waals surface area contributed by atoms with Crippen molar-refractivity contribution in [1.29, 1.82) is 0 Å². The van der Waals surface area contributed by atoms with Crippen LogP contribution in [0.4, 0.5) is 5.69 Å². The quantitative estimate of drug-likeness (QED) is 0.724. The summed E-state index contributed by atoms with van der Waals surface area (Å²) in [5.74, 6) is 0. The number of hydrogen-bond acceptors (Lipinski definition) is 2. The first-order chi connectivity index (χ1) is 6.15. The maximum Gasteiger partial charge on any atom is 0.0816 e. The summed E-state index contributed by atoms with van der Waals surface area (Å²) in [6.07, 6.45) is 0.0885. The van der Waals surface area contributed by atoms with Gasteiger partial charge in [-0.1, -0.05) is 12.1 Å². The van der Waals surface area contributed by atoms with Crippen molar-refractivity contribution in [3.63, 3.8) is 0 Å². The van der Waals surface area contributed by atoms with Gasteiger partial charge in [0, 0.05) is 17.9 Å². The summed E-state index contributed by atoms with van der Waals surface area (Å²) in [7, 11) is 0. The Bertz CT molecular complexity index is 283. The summed E-state index contributed by atoms with van der Waals surface area (Å²) in [5, 5.41) is 0. The van der Waals surface area contributed by atoms with Crippen LogP contribution < -0.4 is 5.73 Å². The number of nitrogen functional groups attached to an aromatic ring is 1. The molecule has 1 atom stereocenters. The van der Waals surface area contributed by atoms with E-state index in [1.807, 2.05) is 32.9 Å². The summed E-state index contributed by atoms with van der Waals surface area (Å²) in [6, 6.07) is 6.07. The molecule has 1 unspecified atom stereocenters. The average Bonchev–Trinajstić information content (AvgIpc) is 2.04. The van der Waals surface area contributed by atoms with E-state index in [-0.39, 0.29) is 6.10 Å². The van der Waals surface area contributed by atoms with Crippen LogP contribution in [0.25, 0.3) is 0 Å². The van der Waals surface area contributed by atoms with E-state index in [1.54, 1.807) is 0 Å².